The molecule has 2 fully saturated rings. The minimum absolute atomic E-state index is 0.103. The van der Waals surface area contributed by atoms with Crippen molar-refractivity contribution in [1.82, 2.24) is 20.6 Å². The first kappa shape index (κ1) is 33.0. The van der Waals surface area contributed by atoms with Gasteiger partial charge in [0.2, 0.25) is 0 Å². The number of likely N-dealkylation sites (N-methyl/N-ethyl adjacent to an activating group) is 2. The molecule has 1 aromatic rings. The molecular weight excluding hydrogens is 548 g/mol. The summed E-state index contributed by atoms with van der Waals surface area (Å²) in [6.45, 7) is 11.1. The lowest BCUT2D eigenvalue weighted by atomic mass is 9.97. The second-order valence-electron chi connectivity index (χ2n) is 13.4. The van der Waals surface area contributed by atoms with E-state index in [0.29, 0.717) is 42.3 Å². The van der Waals surface area contributed by atoms with Gasteiger partial charge in [-0.3, -0.25) is 20.2 Å². The van der Waals surface area contributed by atoms with Crippen LogP contribution in [0.2, 0.25) is 0 Å². The molecule has 1 aromatic carbocycles. The fourth-order valence-electron chi connectivity index (χ4n) is 5.97. The lowest BCUT2D eigenvalue weighted by molar-refractivity contribution is -0.208. The van der Waals surface area contributed by atoms with Crippen LogP contribution < -0.4 is 25.6 Å². The summed E-state index contributed by atoms with van der Waals surface area (Å²) in [5, 5.41) is 10.9. The van der Waals surface area contributed by atoms with Gasteiger partial charge < -0.3 is 24.7 Å². The third kappa shape index (κ3) is 7.26. The normalized spacial score (nSPS) is 20.4. The molecule has 43 heavy (non-hydrogen) atoms. The Labute approximate surface area is 256 Å². The number of carbonyl (C=O) groups excluding carboxylic acids is 3. The number of benzene rings is 1. The summed E-state index contributed by atoms with van der Waals surface area (Å²) >= 11 is 0. The Morgan fingerprint density at radius 2 is 1.81 bits per heavy atom. The highest BCUT2D eigenvalue weighted by Crippen LogP contribution is 2.41. The molecule has 0 spiro atoms. The molecule has 2 aliphatic heterocycles. The molecule has 4 rings (SSSR count). The number of amides is 2. The highest BCUT2D eigenvalue weighted by Gasteiger charge is 2.47. The molecule has 240 valence electrons. The van der Waals surface area contributed by atoms with Gasteiger partial charge in [0.05, 0.1) is 28.9 Å². The molecule has 0 unspecified atom stereocenters. The van der Waals surface area contributed by atoms with E-state index in [1.165, 1.54) is 19.3 Å². The minimum Gasteiger partial charge on any atom is -0.448 e. The monoisotopic (exact) mass is 600 g/mol. The van der Waals surface area contributed by atoms with Gasteiger partial charge >= 0.3 is 11.9 Å². The van der Waals surface area contributed by atoms with Crippen molar-refractivity contribution < 1.29 is 24.0 Å². The van der Waals surface area contributed by atoms with E-state index in [4.69, 9.17) is 9.57 Å². The van der Waals surface area contributed by atoms with Crippen LogP contribution in [-0.4, -0.2) is 86.5 Å². The Hall–Kier alpha value is -2.89. The van der Waals surface area contributed by atoms with Crippen LogP contribution in [0, 0.1) is 11.3 Å². The standard InChI is InChI=1S/C32H52N6O5/c1-21(2)38(23-13-11-16-36(20-23)43-30(41)31(3,4)5)28(39)24-18-26-27(19-25(24)33-6)42-32(34-7,35-8)29(40)37(26)17-10-9-12-22-14-15-22/h18-19,21-23,33-35H,9-17,20H2,1-8H3/t23-/m1/s1. The molecule has 2 amide bonds. The maximum absolute atomic E-state index is 14.4. The number of hydrogen-bond donors (Lipinski definition) is 3. The molecule has 3 aliphatic rings. The summed E-state index contributed by atoms with van der Waals surface area (Å²) in [7, 11) is 5.15. The number of hydrogen-bond acceptors (Lipinski definition) is 9. The zero-order valence-electron chi connectivity index (χ0n) is 27.3. The molecule has 0 radical (unpaired) electrons. The zero-order chi connectivity index (χ0) is 31.5. The predicted octanol–water partition coefficient (Wildman–Crippen LogP) is 3.95. The van der Waals surface area contributed by atoms with Crippen molar-refractivity contribution in [3.8, 4) is 5.75 Å². The molecule has 11 heteroatoms. The molecule has 1 saturated carbocycles. The number of rotatable bonds is 12. The average Bonchev–Trinajstić information content (AvgIpc) is 3.79. The largest absolute Gasteiger partial charge is 0.448 e. The topological polar surface area (TPSA) is 115 Å². The number of ether oxygens (including phenoxy) is 1. The lowest BCUT2D eigenvalue weighted by Crippen LogP contribution is -2.70. The highest BCUT2D eigenvalue weighted by molar-refractivity contribution is 6.06. The van der Waals surface area contributed by atoms with E-state index in [2.05, 4.69) is 16.0 Å². The molecular formula is C32H52N6O5. The number of carbonyl (C=O) groups is 3. The van der Waals surface area contributed by atoms with Gasteiger partial charge in [0.25, 0.3) is 11.8 Å². The van der Waals surface area contributed by atoms with E-state index in [1.807, 2.05) is 45.6 Å². The second kappa shape index (κ2) is 13.4. The molecule has 0 aromatic heterocycles. The van der Waals surface area contributed by atoms with Gasteiger partial charge in [-0.2, -0.15) is 0 Å². The third-order valence-corrected chi connectivity index (χ3v) is 8.71. The Morgan fingerprint density at radius 3 is 2.40 bits per heavy atom. The molecule has 2 heterocycles. The molecule has 11 nitrogen and oxygen atoms in total. The second-order valence-corrected chi connectivity index (χ2v) is 13.4. The summed E-state index contributed by atoms with van der Waals surface area (Å²) < 4.78 is 6.26. The molecule has 1 aliphatic carbocycles. The number of nitrogens with zero attached hydrogens (tertiary/aromatic N) is 3. The molecule has 1 atom stereocenters. The van der Waals surface area contributed by atoms with Crippen molar-refractivity contribution in [1.29, 1.82) is 0 Å². The SMILES string of the molecule is CNc1cc2c(cc1C(=O)N(C(C)C)[C@@H]1CCCN(OC(=O)C(C)(C)C)C1)N(CCCCC1CC1)C(=O)C(NC)(NC)O2. The first-order chi connectivity index (χ1) is 20.3. The van der Waals surface area contributed by atoms with Gasteiger partial charge in [-0.1, -0.05) is 25.7 Å². The molecule has 3 N–H and O–H groups in total. The summed E-state index contributed by atoms with van der Waals surface area (Å²) in [6.07, 6.45) is 7.32. The van der Waals surface area contributed by atoms with Crippen LogP contribution in [-0.2, 0) is 14.4 Å². The number of piperidine rings is 1. The number of unbranched alkanes of at least 4 members (excludes halogenated alkanes) is 1. The van der Waals surface area contributed by atoms with E-state index in [0.717, 1.165) is 31.6 Å². The van der Waals surface area contributed by atoms with Crippen LogP contribution in [0.1, 0.15) is 89.9 Å². The van der Waals surface area contributed by atoms with Crippen molar-refractivity contribution in [2.45, 2.75) is 97.5 Å². The quantitative estimate of drug-likeness (QED) is 0.242. The summed E-state index contributed by atoms with van der Waals surface area (Å²) in [5.74, 6) is -0.726. The van der Waals surface area contributed by atoms with Crippen LogP contribution in [0.5, 0.6) is 5.75 Å². The average molecular weight is 601 g/mol. The summed E-state index contributed by atoms with van der Waals surface area (Å²) in [6, 6.07) is 3.36. The fraction of sp³-hybridized carbons (Fsp3) is 0.719. The minimum atomic E-state index is -1.40. The first-order valence-corrected chi connectivity index (χ1v) is 15.9. The van der Waals surface area contributed by atoms with Gasteiger partial charge in [-0.05, 0) is 80.0 Å². The van der Waals surface area contributed by atoms with Crippen LogP contribution in [0.4, 0.5) is 11.4 Å². The fourth-order valence-corrected chi connectivity index (χ4v) is 5.97. The van der Waals surface area contributed by atoms with E-state index < -0.39 is 11.3 Å². The van der Waals surface area contributed by atoms with Crippen LogP contribution in [0.15, 0.2) is 12.1 Å². The van der Waals surface area contributed by atoms with Crippen molar-refractivity contribution in [2.24, 2.45) is 11.3 Å². The highest BCUT2D eigenvalue weighted by atomic mass is 16.7. The number of anilines is 2. The van der Waals surface area contributed by atoms with Gasteiger partial charge in [0.15, 0.2) is 0 Å². The molecule has 0 bridgehead atoms. The van der Waals surface area contributed by atoms with Crippen molar-refractivity contribution in [2.75, 3.05) is 51.0 Å². The first-order valence-electron chi connectivity index (χ1n) is 15.9. The van der Waals surface area contributed by atoms with Crippen LogP contribution in [0.3, 0.4) is 0 Å². The Kier molecular flexibility index (Phi) is 10.3. The Bertz CT molecular complexity index is 1170. The third-order valence-electron chi connectivity index (χ3n) is 8.71. The summed E-state index contributed by atoms with van der Waals surface area (Å²) in [4.78, 5) is 50.2. The number of nitrogens with one attached hydrogen (secondary N) is 3. The van der Waals surface area contributed by atoms with E-state index in [-0.39, 0.29) is 29.9 Å². The maximum Gasteiger partial charge on any atom is 0.330 e. The number of hydroxylamine groups is 2. The van der Waals surface area contributed by atoms with Crippen molar-refractivity contribution in [3.05, 3.63) is 17.7 Å². The van der Waals surface area contributed by atoms with Gasteiger partial charge in [0.1, 0.15) is 5.75 Å². The number of fused-ring (bicyclic) bond motifs is 1. The lowest BCUT2D eigenvalue weighted by Gasteiger charge is -2.43. The smallest absolute Gasteiger partial charge is 0.330 e. The van der Waals surface area contributed by atoms with Gasteiger partial charge in [0, 0.05) is 38.3 Å². The van der Waals surface area contributed by atoms with E-state index in [1.54, 1.807) is 37.2 Å². The Morgan fingerprint density at radius 1 is 1.12 bits per heavy atom. The predicted molar refractivity (Wildman–Crippen MR) is 168 cm³/mol. The van der Waals surface area contributed by atoms with Crippen molar-refractivity contribution in [3.63, 3.8) is 0 Å². The van der Waals surface area contributed by atoms with Crippen LogP contribution in [0.25, 0.3) is 0 Å². The van der Waals surface area contributed by atoms with E-state index >= 15 is 0 Å². The van der Waals surface area contributed by atoms with E-state index in [9.17, 15) is 14.4 Å². The van der Waals surface area contributed by atoms with Crippen molar-refractivity contribution >= 4 is 29.2 Å². The molecule has 1 saturated heterocycles. The summed E-state index contributed by atoms with van der Waals surface area (Å²) in [5.41, 5.74) is 1.06. The zero-order valence-corrected chi connectivity index (χ0v) is 27.3. The van der Waals surface area contributed by atoms with Gasteiger partial charge in [-0.25, -0.2) is 4.79 Å². The van der Waals surface area contributed by atoms with Crippen LogP contribution >= 0.6 is 0 Å². The maximum atomic E-state index is 14.4. The Balaban J connectivity index is 1.64. The van der Waals surface area contributed by atoms with Gasteiger partial charge in [-0.15, -0.1) is 5.06 Å².